The number of benzene rings is 2. The molecule has 0 saturated carbocycles. The molecule has 0 atom stereocenters. The van der Waals surface area contributed by atoms with Crippen LogP contribution in [0.2, 0.25) is 0 Å². The highest BCUT2D eigenvalue weighted by Crippen LogP contribution is 2.21. The maximum Gasteiger partial charge on any atom is 0.251 e. The van der Waals surface area contributed by atoms with Crippen LogP contribution in [0.5, 0.6) is 0 Å². The molecule has 27 heavy (non-hydrogen) atoms. The number of para-hydroxylation sites is 1. The zero-order valence-electron chi connectivity index (χ0n) is 16.4. The van der Waals surface area contributed by atoms with E-state index in [9.17, 15) is 9.59 Å². The van der Waals surface area contributed by atoms with Crippen molar-refractivity contribution in [3.8, 4) is 0 Å². The van der Waals surface area contributed by atoms with Gasteiger partial charge in [-0.3, -0.25) is 9.59 Å². The first kappa shape index (κ1) is 20.5. The zero-order valence-corrected chi connectivity index (χ0v) is 16.4. The molecule has 0 radical (unpaired) electrons. The van der Waals surface area contributed by atoms with Crippen molar-refractivity contribution in [1.82, 2.24) is 5.32 Å². The minimum absolute atomic E-state index is 0.0700. The van der Waals surface area contributed by atoms with E-state index in [1.165, 1.54) is 0 Å². The van der Waals surface area contributed by atoms with Crippen molar-refractivity contribution in [3.63, 3.8) is 0 Å². The zero-order chi connectivity index (χ0) is 19.6. The largest absolute Gasteiger partial charge is 0.376 e. The van der Waals surface area contributed by atoms with Crippen molar-refractivity contribution >= 4 is 23.2 Å². The van der Waals surface area contributed by atoms with Crippen LogP contribution >= 0.6 is 0 Å². The molecule has 0 unspecified atom stereocenters. The molecular weight excluding hydrogens is 338 g/mol. The molecule has 5 heteroatoms. The van der Waals surface area contributed by atoms with Gasteiger partial charge in [0, 0.05) is 23.5 Å². The summed E-state index contributed by atoms with van der Waals surface area (Å²) in [4.78, 5) is 24.3. The Hall–Kier alpha value is -2.82. The van der Waals surface area contributed by atoms with Crippen LogP contribution in [0.4, 0.5) is 11.4 Å². The van der Waals surface area contributed by atoms with Gasteiger partial charge >= 0.3 is 0 Å². The van der Waals surface area contributed by atoms with Gasteiger partial charge in [-0.05, 0) is 55.2 Å². The molecule has 2 amide bonds. The Morgan fingerprint density at radius 3 is 2.41 bits per heavy atom. The number of aryl methyl sites for hydroxylation is 2. The fraction of sp³-hybridized carbons (Fsp3) is 0.364. The third kappa shape index (κ3) is 6.13. The number of anilines is 2. The molecule has 144 valence electrons. The maximum atomic E-state index is 12.3. The van der Waals surface area contributed by atoms with Gasteiger partial charge in [-0.2, -0.15) is 0 Å². The lowest BCUT2D eigenvalue weighted by Gasteiger charge is -2.14. The first-order valence-corrected chi connectivity index (χ1v) is 9.55. The number of unbranched alkanes of at least 4 members (excludes halogenated alkanes) is 1. The van der Waals surface area contributed by atoms with Crippen LogP contribution in [-0.2, 0) is 11.2 Å². The van der Waals surface area contributed by atoms with Crippen LogP contribution in [0.25, 0.3) is 0 Å². The number of rotatable bonds is 9. The number of nitrogens with one attached hydrogen (secondary N) is 3. The molecule has 5 nitrogen and oxygen atoms in total. The van der Waals surface area contributed by atoms with Crippen LogP contribution in [0.1, 0.15) is 48.2 Å². The van der Waals surface area contributed by atoms with E-state index in [0.717, 1.165) is 41.8 Å². The number of hydrogen-bond donors (Lipinski definition) is 3. The van der Waals surface area contributed by atoms with E-state index in [2.05, 4.69) is 29.8 Å². The number of amides is 2. The number of carbonyl (C=O) groups is 2. The Kier molecular flexibility index (Phi) is 7.86. The lowest BCUT2D eigenvalue weighted by atomic mass is 10.1. The molecule has 2 aromatic rings. The highest BCUT2D eigenvalue weighted by atomic mass is 16.2. The Balaban J connectivity index is 1.88. The first-order chi connectivity index (χ1) is 13.0. The van der Waals surface area contributed by atoms with Crippen LogP contribution in [0, 0.1) is 6.92 Å². The molecule has 2 aromatic carbocycles. The number of hydrogen-bond acceptors (Lipinski definition) is 3. The highest BCUT2D eigenvalue weighted by molar-refractivity contribution is 5.96. The number of carbonyl (C=O) groups excluding carboxylic acids is 2. The maximum absolute atomic E-state index is 12.3. The average molecular weight is 367 g/mol. The summed E-state index contributed by atoms with van der Waals surface area (Å²) in [7, 11) is 0. The Labute approximate surface area is 161 Å². The third-order valence-corrected chi connectivity index (χ3v) is 4.42. The van der Waals surface area contributed by atoms with E-state index in [0.29, 0.717) is 12.1 Å². The van der Waals surface area contributed by atoms with E-state index in [1.807, 2.05) is 37.3 Å². The summed E-state index contributed by atoms with van der Waals surface area (Å²) >= 11 is 0. The predicted molar refractivity (Wildman–Crippen MR) is 111 cm³/mol. The van der Waals surface area contributed by atoms with Gasteiger partial charge in [0.1, 0.15) is 0 Å². The fourth-order valence-electron chi connectivity index (χ4n) is 2.79. The molecule has 3 N–H and O–H groups in total. The van der Waals surface area contributed by atoms with Gasteiger partial charge in [-0.1, -0.05) is 38.5 Å². The first-order valence-electron chi connectivity index (χ1n) is 9.55. The van der Waals surface area contributed by atoms with Crippen molar-refractivity contribution in [2.24, 2.45) is 0 Å². The van der Waals surface area contributed by atoms with Crippen molar-refractivity contribution < 1.29 is 9.59 Å². The van der Waals surface area contributed by atoms with Crippen molar-refractivity contribution in [3.05, 3.63) is 59.2 Å². The summed E-state index contributed by atoms with van der Waals surface area (Å²) in [5.41, 5.74) is 4.50. The Morgan fingerprint density at radius 1 is 1.00 bits per heavy atom. The molecule has 0 aromatic heterocycles. The summed E-state index contributed by atoms with van der Waals surface area (Å²) in [5.74, 6) is -0.167. The summed E-state index contributed by atoms with van der Waals surface area (Å²) in [6, 6.07) is 13.2. The second kappa shape index (κ2) is 10.4. The van der Waals surface area contributed by atoms with E-state index in [-0.39, 0.29) is 18.4 Å². The van der Waals surface area contributed by atoms with E-state index in [4.69, 9.17) is 0 Å². The van der Waals surface area contributed by atoms with Gasteiger partial charge in [0.05, 0.1) is 6.54 Å². The van der Waals surface area contributed by atoms with Crippen LogP contribution in [0.3, 0.4) is 0 Å². The van der Waals surface area contributed by atoms with Gasteiger partial charge < -0.3 is 16.0 Å². The summed E-state index contributed by atoms with van der Waals surface area (Å²) in [6.45, 7) is 7.01. The van der Waals surface area contributed by atoms with E-state index < -0.39 is 0 Å². The topological polar surface area (TPSA) is 70.2 Å². The molecule has 0 spiro atoms. The molecule has 0 saturated heterocycles. The van der Waals surface area contributed by atoms with Crippen LogP contribution in [-0.4, -0.2) is 24.9 Å². The molecule has 0 aliphatic carbocycles. The van der Waals surface area contributed by atoms with Gasteiger partial charge in [0.2, 0.25) is 5.91 Å². The SMILES string of the molecule is CCCCNC(=O)c1ccc(NCC(=O)Nc2c(C)cccc2CC)cc1. The quantitative estimate of drug-likeness (QED) is 0.584. The molecule has 0 fully saturated rings. The summed E-state index contributed by atoms with van der Waals surface area (Å²) in [5, 5.41) is 8.98. The lowest BCUT2D eigenvalue weighted by molar-refractivity contribution is -0.114. The van der Waals surface area contributed by atoms with E-state index in [1.54, 1.807) is 12.1 Å². The highest BCUT2D eigenvalue weighted by Gasteiger charge is 2.09. The van der Waals surface area contributed by atoms with Crippen molar-refractivity contribution in [2.45, 2.75) is 40.0 Å². The van der Waals surface area contributed by atoms with Crippen molar-refractivity contribution in [2.75, 3.05) is 23.7 Å². The molecule has 0 aliphatic rings. The molecule has 0 bridgehead atoms. The van der Waals surface area contributed by atoms with Crippen molar-refractivity contribution in [1.29, 1.82) is 0 Å². The van der Waals surface area contributed by atoms with Crippen LogP contribution < -0.4 is 16.0 Å². The minimum atomic E-state index is -0.0969. The molecular formula is C22H29N3O2. The van der Waals surface area contributed by atoms with Gasteiger partial charge in [0.15, 0.2) is 0 Å². The van der Waals surface area contributed by atoms with Crippen LogP contribution in [0.15, 0.2) is 42.5 Å². The standard InChI is InChI=1S/C22H29N3O2/c1-4-6-14-23-22(27)18-10-12-19(13-11-18)24-15-20(26)25-21-16(3)8-7-9-17(21)5-2/h7-13,24H,4-6,14-15H2,1-3H3,(H,23,27)(H,25,26). The molecule has 0 heterocycles. The lowest BCUT2D eigenvalue weighted by Crippen LogP contribution is -2.24. The van der Waals surface area contributed by atoms with Gasteiger partial charge in [0.25, 0.3) is 5.91 Å². The third-order valence-electron chi connectivity index (χ3n) is 4.42. The normalized spacial score (nSPS) is 10.3. The monoisotopic (exact) mass is 367 g/mol. The van der Waals surface area contributed by atoms with E-state index >= 15 is 0 Å². The fourth-order valence-corrected chi connectivity index (χ4v) is 2.79. The average Bonchev–Trinajstić information content (AvgIpc) is 2.68. The van der Waals surface area contributed by atoms with Gasteiger partial charge in [-0.15, -0.1) is 0 Å². The Bertz CT molecular complexity index is 770. The second-order valence-electron chi connectivity index (χ2n) is 6.55. The molecule has 0 aliphatic heterocycles. The second-order valence-corrected chi connectivity index (χ2v) is 6.55. The minimum Gasteiger partial charge on any atom is -0.376 e. The smallest absolute Gasteiger partial charge is 0.251 e. The summed E-state index contributed by atoms with van der Waals surface area (Å²) < 4.78 is 0. The van der Waals surface area contributed by atoms with Gasteiger partial charge in [-0.25, -0.2) is 0 Å². The molecule has 2 rings (SSSR count). The predicted octanol–water partition coefficient (Wildman–Crippen LogP) is 4.14. The Morgan fingerprint density at radius 2 is 1.74 bits per heavy atom. The summed E-state index contributed by atoms with van der Waals surface area (Å²) in [6.07, 6.45) is 2.89.